The Morgan fingerprint density at radius 1 is 1.31 bits per heavy atom. The molecule has 0 aromatic carbocycles. The van der Waals surface area contributed by atoms with Crippen LogP contribution in [-0.4, -0.2) is 54.9 Å². The summed E-state index contributed by atoms with van der Waals surface area (Å²) in [5.74, 6) is 0.00691. The molecular weight excluding hydrogens is 212 g/mol. The summed E-state index contributed by atoms with van der Waals surface area (Å²) in [6, 6.07) is 0. The second-order valence-corrected chi connectivity index (χ2v) is 3.10. The third kappa shape index (κ3) is 6.23. The Morgan fingerprint density at radius 3 is 2.44 bits per heavy atom. The topological polar surface area (TPSA) is 78.9 Å². The van der Waals surface area contributed by atoms with E-state index in [1.807, 2.05) is 13.8 Å². The number of amides is 2. The number of carbonyl (C=O) groups excluding carboxylic acids is 2. The van der Waals surface area contributed by atoms with Gasteiger partial charge in [0.25, 0.3) is 0 Å². The van der Waals surface area contributed by atoms with Gasteiger partial charge < -0.3 is 20.1 Å². The van der Waals surface area contributed by atoms with E-state index in [-0.39, 0.29) is 32.1 Å². The second-order valence-electron chi connectivity index (χ2n) is 3.10. The third-order valence-corrected chi connectivity index (χ3v) is 2.05. The predicted octanol–water partition coefficient (Wildman–Crippen LogP) is -0.0366. The molecule has 2 amide bonds. The van der Waals surface area contributed by atoms with E-state index in [1.54, 1.807) is 4.90 Å². The van der Waals surface area contributed by atoms with Crippen LogP contribution in [0.2, 0.25) is 0 Å². The first-order chi connectivity index (χ1) is 7.65. The molecule has 0 radical (unpaired) electrons. The van der Waals surface area contributed by atoms with Crippen molar-refractivity contribution in [2.75, 3.05) is 32.8 Å². The Kier molecular flexibility index (Phi) is 8.24. The van der Waals surface area contributed by atoms with Crippen LogP contribution in [0.4, 0.5) is 4.79 Å². The van der Waals surface area contributed by atoms with Gasteiger partial charge in [0.05, 0.1) is 6.61 Å². The molecule has 6 nitrogen and oxygen atoms in total. The van der Waals surface area contributed by atoms with Gasteiger partial charge in [-0.25, -0.2) is 4.79 Å². The molecule has 0 saturated carbocycles. The van der Waals surface area contributed by atoms with Crippen molar-refractivity contribution in [3.63, 3.8) is 0 Å². The van der Waals surface area contributed by atoms with Gasteiger partial charge in [0.1, 0.15) is 6.61 Å². The van der Waals surface area contributed by atoms with Gasteiger partial charge in [-0.3, -0.25) is 4.79 Å². The number of hydrogen-bond donors (Lipinski definition) is 2. The van der Waals surface area contributed by atoms with Crippen molar-refractivity contribution in [3.8, 4) is 0 Å². The van der Waals surface area contributed by atoms with Crippen molar-refractivity contribution >= 4 is 12.0 Å². The summed E-state index contributed by atoms with van der Waals surface area (Å²) in [4.78, 5) is 24.1. The van der Waals surface area contributed by atoms with Crippen LogP contribution in [0.3, 0.4) is 0 Å². The smallest absolute Gasteiger partial charge is 0.407 e. The molecule has 0 heterocycles. The van der Waals surface area contributed by atoms with E-state index in [9.17, 15) is 9.59 Å². The number of nitrogens with one attached hydrogen (secondary N) is 1. The molecule has 6 heteroatoms. The summed E-state index contributed by atoms with van der Waals surface area (Å²) < 4.78 is 4.56. The van der Waals surface area contributed by atoms with Crippen LogP contribution in [0, 0.1) is 0 Å². The quantitative estimate of drug-likeness (QED) is 0.645. The van der Waals surface area contributed by atoms with Gasteiger partial charge in [0, 0.05) is 26.1 Å². The first kappa shape index (κ1) is 14.7. The number of aliphatic hydroxyl groups is 1. The minimum Gasteiger partial charge on any atom is -0.447 e. The lowest BCUT2D eigenvalue weighted by molar-refractivity contribution is -0.130. The molecule has 0 unspecified atom stereocenters. The minimum atomic E-state index is -0.610. The van der Waals surface area contributed by atoms with Gasteiger partial charge in [-0.1, -0.05) is 0 Å². The maximum atomic E-state index is 11.5. The van der Waals surface area contributed by atoms with Crippen LogP contribution in [0.15, 0.2) is 0 Å². The van der Waals surface area contributed by atoms with Crippen LogP contribution in [-0.2, 0) is 9.53 Å². The van der Waals surface area contributed by atoms with Gasteiger partial charge in [0.15, 0.2) is 0 Å². The van der Waals surface area contributed by atoms with E-state index in [1.165, 1.54) is 0 Å². The number of alkyl carbamates (subject to hydrolysis) is 1. The molecule has 0 saturated heterocycles. The molecular formula is C10H20N2O4. The maximum Gasteiger partial charge on any atom is 0.407 e. The summed E-state index contributed by atoms with van der Waals surface area (Å²) in [6.45, 7) is 5.17. The Bertz CT molecular complexity index is 217. The average Bonchev–Trinajstić information content (AvgIpc) is 2.28. The van der Waals surface area contributed by atoms with Crippen molar-refractivity contribution < 1.29 is 19.4 Å². The van der Waals surface area contributed by atoms with Gasteiger partial charge in [-0.15, -0.1) is 0 Å². The molecule has 0 rings (SSSR count). The van der Waals surface area contributed by atoms with E-state index < -0.39 is 6.09 Å². The zero-order valence-corrected chi connectivity index (χ0v) is 9.86. The molecule has 0 aliphatic carbocycles. The number of nitrogens with zero attached hydrogens (tertiary/aromatic N) is 1. The fourth-order valence-electron chi connectivity index (χ4n) is 1.20. The van der Waals surface area contributed by atoms with Crippen molar-refractivity contribution in [2.45, 2.75) is 20.3 Å². The van der Waals surface area contributed by atoms with Crippen LogP contribution in [0.5, 0.6) is 0 Å². The number of carbonyl (C=O) groups is 2. The Hall–Kier alpha value is -1.30. The molecule has 0 atom stereocenters. The Labute approximate surface area is 95.6 Å². The van der Waals surface area contributed by atoms with E-state index in [0.29, 0.717) is 13.1 Å². The van der Waals surface area contributed by atoms with E-state index in [4.69, 9.17) is 5.11 Å². The SMILES string of the molecule is CCN(CC)C(=O)CCNC(=O)OCCO. The molecule has 0 bridgehead atoms. The van der Waals surface area contributed by atoms with Crippen molar-refractivity contribution in [1.29, 1.82) is 0 Å². The summed E-state index contributed by atoms with van der Waals surface area (Å²) in [5.41, 5.74) is 0. The summed E-state index contributed by atoms with van der Waals surface area (Å²) in [5, 5.41) is 10.8. The lowest BCUT2D eigenvalue weighted by atomic mass is 10.3. The van der Waals surface area contributed by atoms with Gasteiger partial charge in [-0.2, -0.15) is 0 Å². The Morgan fingerprint density at radius 2 is 1.94 bits per heavy atom. The largest absolute Gasteiger partial charge is 0.447 e. The van der Waals surface area contributed by atoms with Gasteiger partial charge in [0.2, 0.25) is 5.91 Å². The summed E-state index contributed by atoms with van der Waals surface area (Å²) in [7, 11) is 0. The molecule has 94 valence electrons. The van der Waals surface area contributed by atoms with Gasteiger partial charge in [-0.05, 0) is 13.8 Å². The standard InChI is InChI=1S/C10H20N2O4/c1-3-12(4-2)9(14)5-6-11-10(15)16-8-7-13/h13H,3-8H2,1-2H3,(H,11,15). The highest BCUT2D eigenvalue weighted by atomic mass is 16.6. The van der Waals surface area contributed by atoms with E-state index in [0.717, 1.165) is 0 Å². The van der Waals surface area contributed by atoms with E-state index >= 15 is 0 Å². The monoisotopic (exact) mass is 232 g/mol. The average molecular weight is 232 g/mol. The lowest BCUT2D eigenvalue weighted by Crippen LogP contribution is -2.34. The lowest BCUT2D eigenvalue weighted by Gasteiger charge is -2.18. The molecule has 2 N–H and O–H groups in total. The normalized spacial score (nSPS) is 9.69. The fraction of sp³-hybridized carbons (Fsp3) is 0.800. The van der Waals surface area contributed by atoms with Crippen LogP contribution >= 0.6 is 0 Å². The van der Waals surface area contributed by atoms with Crippen LogP contribution in [0.25, 0.3) is 0 Å². The molecule has 0 aliphatic rings. The highest BCUT2D eigenvalue weighted by Gasteiger charge is 2.09. The van der Waals surface area contributed by atoms with Crippen LogP contribution in [0.1, 0.15) is 20.3 Å². The number of ether oxygens (including phenoxy) is 1. The summed E-state index contributed by atoms with van der Waals surface area (Å²) in [6.07, 6.45) is -0.350. The number of aliphatic hydroxyl groups excluding tert-OH is 1. The van der Waals surface area contributed by atoms with Crippen LogP contribution < -0.4 is 5.32 Å². The zero-order valence-electron chi connectivity index (χ0n) is 9.86. The molecule has 0 fully saturated rings. The van der Waals surface area contributed by atoms with Crippen molar-refractivity contribution in [3.05, 3.63) is 0 Å². The predicted molar refractivity (Wildman–Crippen MR) is 59.0 cm³/mol. The third-order valence-electron chi connectivity index (χ3n) is 2.05. The minimum absolute atomic E-state index is 0.00691. The summed E-state index contributed by atoms with van der Waals surface area (Å²) >= 11 is 0. The molecule has 0 spiro atoms. The number of rotatable bonds is 7. The van der Waals surface area contributed by atoms with Crippen molar-refractivity contribution in [2.24, 2.45) is 0 Å². The number of hydrogen-bond acceptors (Lipinski definition) is 4. The molecule has 0 aromatic rings. The zero-order chi connectivity index (χ0) is 12.4. The second kappa shape index (κ2) is 8.96. The first-order valence-corrected chi connectivity index (χ1v) is 5.44. The fourth-order valence-corrected chi connectivity index (χ4v) is 1.20. The highest BCUT2D eigenvalue weighted by molar-refractivity contribution is 5.77. The Balaban J connectivity index is 3.64. The molecule has 0 aliphatic heterocycles. The van der Waals surface area contributed by atoms with Crippen molar-refractivity contribution in [1.82, 2.24) is 10.2 Å². The van der Waals surface area contributed by atoms with E-state index in [2.05, 4.69) is 10.1 Å². The first-order valence-electron chi connectivity index (χ1n) is 5.44. The van der Waals surface area contributed by atoms with Gasteiger partial charge >= 0.3 is 6.09 Å². The maximum absolute atomic E-state index is 11.5. The molecule has 0 aromatic heterocycles. The molecule has 16 heavy (non-hydrogen) atoms. The highest BCUT2D eigenvalue weighted by Crippen LogP contribution is 1.92.